The molecule has 0 aliphatic heterocycles. The summed E-state index contributed by atoms with van der Waals surface area (Å²) in [6.07, 6.45) is 2.47. The van der Waals surface area contributed by atoms with Crippen LogP contribution in [-0.2, 0) is 10.1 Å². The third kappa shape index (κ3) is 4.22. The van der Waals surface area contributed by atoms with Gasteiger partial charge in [0.15, 0.2) is 0 Å². The quantitative estimate of drug-likeness (QED) is 0.231. The van der Waals surface area contributed by atoms with E-state index in [0.29, 0.717) is 22.5 Å². The number of nitrogens with zero attached hydrogens (tertiary/aromatic N) is 3. The average molecular weight is 443 g/mol. The SMILES string of the molecule is C=Cc1c(C(=O)c2ccc(S(=O)(=O)O)cn2)cc2ccccc2c1N=Nc1ccccc1. The van der Waals surface area contributed by atoms with Crippen molar-refractivity contribution in [1.29, 1.82) is 0 Å². The highest BCUT2D eigenvalue weighted by atomic mass is 32.2. The number of carbonyl (C=O) groups is 1. The van der Waals surface area contributed by atoms with Gasteiger partial charge in [-0.25, -0.2) is 0 Å². The number of ketones is 1. The van der Waals surface area contributed by atoms with Crippen LogP contribution in [0, 0.1) is 0 Å². The number of rotatable bonds is 6. The van der Waals surface area contributed by atoms with Gasteiger partial charge >= 0.3 is 0 Å². The molecule has 4 aromatic rings. The van der Waals surface area contributed by atoms with Gasteiger partial charge in [-0.15, -0.1) is 5.11 Å². The maximum atomic E-state index is 13.3. The molecule has 0 aliphatic carbocycles. The van der Waals surface area contributed by atoms with Gasteiger partial charge in [0.2, 0.25) is 5.78 Å². The minimum atomic E-state index is -4.41. The molecule has 0 radical (unpaired) electrons. The Morgan fingerprint density at radius 3 is 2.34 bits per heavy atom. The van der Waals surface area contributed by atoms with Gasteiger partial charge in [0, 0.05) is 22.7 Å². The third-order valence-electron chi connectivity index (χ3n) is 4.80. The van der Waals surface area contributed by atoms with Gasteiger partial charge in [-0.1, -0.05) is 55.1 Å². The Bertz CT molecular complexity index is 1460. The maximum absolute atomic E-state index is 13.3. The highest BCUT2D eigenvalue weighted by molar-refractivity contribution is 7.85. The predicted octanol–water partition coefficient (Wildman–Crippen LogP) is 5.77. The number of pyridine rings is 1. The molecule has 0 fully saturated rings. The van der Waals surface area contributed by atoms with Crippen LogP contribution in [-0.4, -0.2) is 23.7 Å². The molecule has 0 saturated carbocycles. The number of carbonyl (C=O) groups excluding carboxylic acids is 1. The number of aromatic nitrogens is 1. The molecule has 0 saturated heterocycles. The van der Waals surface area contributed by atoms with E-state index >= 15 is 0 Å². The molecule has 0 amide bonds. The molecule has 0 spiro atoms. The second-order valence-corrected chi connectivity index (χ2v) is 8.25. The van der Waals surface area contributed by atoms with E-state index in [1.165, 1.54) is 12.1 Å². The van der Waals surface area contributed by atoms with E-state index in [0.717, 1.165) is 23.0 Å². The number of benzene rings is 3. The molecule has 0 bridgehead atoms. The van der Waals surface area contributed by atoms with E-state index in [4.69, 9.17) is 4.55 Å². The van der Waals surface area contributed by atoms with Crippen molar-refractivity contribution in [3.05, 3.63) is 102 Å². The smallest absolute Gasteiger partial charge is 0.287 e. The van der Waals surface area contributed by atoms with E-state index in [1.54, 1.807) is 6.07 Å². The summed E-state index contributed by atoms with van der Waals surface area (Å²) in [5.74, 6) is -0.441. The molecule has 158 valence electrons. The molecule has 0 unspecified atom stereocenters. The first-order valence-corrected chi connectivity index (χ1v) is 11.0. The predicted molar refractivity (Wildman–Crippen MR) is 122 cm³/mol. The summed E-state index contributed by atoms with van der Waals surface area (Å²) in [5.41, 5.74) is 1.94. The Kier molecular flexibility index (Phi) is 5.72. The van der Waals surface area contributed by atoms with Gasteiger partial charge < -0.3 is 0 Å². The number of hydrogen-bond donors (Lipinski definition) is 1. The fraction of sp³-hybridized carbons (Fsp3) is 0. The highest BCUT2D eigenvalue weighted by Crippen LogP contribution is 2.36. The van der Waals surface area contributed by atoms with Crippen molar-refractivity contribution in [3.8, 4) is 0 Å². The Morgan fingerprint density at radius 1 is 0.969 bits per heavy atom. The molecular weight excluding hydrogens is 426 g/mol. The van der Waals surface area contributed by atoms with Crippen LogP contribution in [0.15, 0.2) is 101 Å². The molecule has 7 nitrogen and oxygen atoms in total. The highest BCUT2D eigenvalue weighted by Gasteiger charge is 2.20. The summed E-state index contributed by atoms with van der Waals surface area (Å²) < 4.78 is 31.7. The fourth-order valence-corrected chi connectivity index (χ4v) is 3.68. The van der Waals surface area contributed by atoms with Crippen LogP contribution in [0.4, 0.5) is 11.4 Å². The summed E-state index contributed by atoms with van der Waals surface area (Å²) in [5, 5.41) is 10.3. The van der Waals surface area contributed by atoms with E-state index in [9.17, 15) is 13.2 Å². The van der Waals surface area contributed by atoms with Crippen molar-refractivity contribution in [2.75, 3.05) is 0 Å². The summed E-state index contributed by atoms with van der Waals surface area (Å²) in [7, 11) is -4.41. The van der Waals surface area contributed by atoms with Crippen molar-refractivity contribution in [2.45, 2.75) is 4.90 Å². The standard InChI is InChI=1S/C24H17N3O4S/c1-2-19-21(24(28)22-13-12-18(15-25-22)32(29,30)31)14-16-8-6-7-11-20(16)23(19)27-26-17-9-4-3-5-10-17/h2-15H,1H2,(H,29,30,31). The second-order valence-electron chi connectivity index (χ2n) is 6.83. The lowest BCUT2D eigenvalue weighted by Crippen LogP contribution is -2.08. The molecule has 1 N–H and O–H groups in total. The van der Waals surface area contributed by atoms with E-state index in [2.05, 4.69) is 21.8 Å². The zero-order chi connectivity index (χ0) is 22.7. The van der Waals surface area contributed by atoms with Crippen LogP contribution in [0.3, 0.4) is 0 Å². The van der Waals surface area contributed by atoms with Gasteiger partial charge in [-0.3, -0.25) is 14.3 Å². The second kappa shape index (κ2) is 8.62. The molecule has 3 aromatic carbocycles. The first-order valence-electron chi connectivity index (χ1n) is 9.51. The molecule has 32 heavy (non-hydrogen) atoms. The molecule has 0 atom stereocenters. The van der Waals surface area contributed by atoms with Crippen LogP contribution >= 0.6 is 0 Å². The van der Waals surface area contributed by atoms with Crippen LogP contribution in [0.5, 0.6) is 0 Å². The van der Waals surface area contributed by atoms with Gasteiger partial charge in [0.05, 0.1) is 5.69 Å². The zero-order valence-corrected chi connectivity index (χ0v) is 17.5. The van der Waals surface area contributed by atoms with Gasteiger partial charge in [-0.05, 0) is 35.7 Å². The fourth-order valence-electron chi connectivity index (χ4n) is 3.25. The van der Waals surface area contributed by atoms with Gasteiger partial charge in [-0.2, -0.15) is 13.5 Å². The Hall–Kier alpha value is -4.01. The lowest BCUT2D eigenvalue weighted by molar-refractivity contribution is 0.103. The van der Waals surface area contributed by atoms with E-state index in [-0.39, 0.29) is 5.69 Å². The summed E-state index contributed by atoms with van der Waals surface area (Å²) >= 11 is 0. The van der Waals surface area contributed by atoms with E-state index < -0.39 is 20.8 Å². The third-order valence-corrected chi connectivity index (χ3v) is 5.64. The summed E-state index contributed by atoms with van der Waals surface area (Å²) in [4.78, 5) is 16.8. The lowest BCUT2D eigenvalue weighted by Gasteiger charge is -2.12. The molecule has 1 heterocycles. The van der Waals surface area contributed by atoms with Crippen molar-refractivity contribution < 1.29 is 17.8 Å². The zero-order valence-electron chi connectivity index (χ0n) is 16.7. The first-order chi connectivity index (χ1) is 15.4. The van der Waals surface area contributed by atoms with Crippen molar-refractivity contribution in [2.24, 2.45) is 10.2 Å². The maximum Gasteiger partial charge on any atom is 0.296 e. The van der Waals surface area contributed by atoms with Crippen LogP contribution < -0.4 is 0 Å². The summed E-state index contributed by atoms with van der Waals surface area (Å²) in [6.45, 7) is 3.85. The molecular formula is C24H17N3O4S. The van der Waals surface area contributed by atoms with E-state index in [1.807, 2.05) is 54.6 Å². The molecule has 1 aromatic heterocycles. The van der Waals surface area contributed by atoms with Gasteiger partial charge in [0.25, 0.3) is 10.1 Å². The van der Waals surface area contributed by atoms with Crippen molar-refractivity contribution in [3.63, 3.8) is 0 Å². The molecule has 8 heteroatoms. The molecule has 0 aliphatic rings. The van der Waals surface area contributed by atoms with Crippen molar-refractivity contribution in [1.82, 2.24) is 4.98 Å². The number of azo groups is 1. The summed E-state index contributed by atoms with van der Waals surface area (Å²) in [6, 6.07) is 20.8. The van der Waals surface area contributed by atoms with Gasteiger partial charge in [0.1, 0.15) is 16.3 Å². The topological polar surface area (TPSA) is 109 Å². The Morgan fingerprint density at radius 2 is 1.69 bits per heavy atom. The Balaban J connectivity index is 1.87. The minimum Gasteiger partial charge on any atom is -0.287 e. The first kappa shape index (κ1) is 21.2. The van der Waals surface area contributed by atoms with Crippen LogP contribution in [0.2, 0.25) is 0 Å². The lowest BCUT2D eigenvalue weighted by atomic mass is 9.94. The van der Waals surface area contributed by atoms with Crippen LogP contribution in [0.1, 0.15) is 21.6 Å². The average Bonchev–Trinajstić information content (AvgIpc) is 2.81. The van der Waals surface area contributed by atoms with Crippen LogP contribution in [0.25, 0.3) is 16.8 Å². The van der Waals surface area contributed by atoms with Crippen molar-refractivity contribution >= 4 is 44.1 Å². The number of hydrogen-bond acceptors (Lipinski definition) is 6. The normalized spacial score (nSPS) is 11.7. The monoisotopic (exact) mass is 443 g/mol. The largest absolute Gasteiger partial charge is 0.296 e. The molecule has 4 rings (SSSR count). The minimum absolute atomic E-state index is 0.0155. The number of fused-ring (bicyclic) bond motifs is 1. The Labute approximate surface area is 184 Å².